The number of Topliss-reactive ketones (excluding diaryl/α,β-unsaturated/α-hetero) is 3. The van der Waals surface area contributed by atoms with Crippen LogP contribution in [0.4, 0.5) is 21.0 Å². The average molecular weight is 1490 g/mol. The molecule has 2 heterocycles. The summed E-state index contributed by atoms with van der Waals surface area (Å²) in [4.78, 5) is 188. The molecule has 2 aromatic rings. The number of urea groups is 2. The van der Waals surface area contributed by atoms with Crippen molar-refractivity contribution < 1.29 is 104 Å². The summed E-state index contributed by atoms with van der Waals surface area (Å²) in [6, 6.07) is 9.78. The van der Waals surface area contributed by atoms with Gasteiger partial charge in [-0.15, -0.1) is 0 Å². The predicted octanol–water partition coefficient (Wildman–Crippen LogP) is 4.67. The van der Waals surface area contributed by atoms with E-state index >= 15 is 0 Å². The Kier molecular flexibility index (Phi) is 37.8. The van der Waals surface area contributed by atoms with E-state index in [1.54, 1.807) is 118 Å². The molecular weight excluding hydrogens is 1390 g/mol. The highest BCUT2D eigenvalue weighted by atomic mass is 32.2. The maximum atomic E-state index is 13.7. The normalized spacial score (nSPS) is 14.3. The molecule has 12 amide bonds. The van der Waals surface area contributed by atoms with Crippen LogP contribution in [-0.2, 0) is 105 Å². The zero-order chi connectivity index (χ0) is 78.8. The minimum Gasteiger partial charge on any atom is -0.460 e. The number of rotatable bonds is 45. The molecule has 0 spiro atoms. The summed E-state index contributed by atoms with van der Waals surface area (Å²) in [6.45, 7) is 18.0. The van der Waals surface area contributed by atoms with Crippen LogP contribution in [0, 0.1) is 40.4 Å². The molecule has 4 rings (SSSR count). The summed E-state index contributed by atoms with van der Waals surface area (Å²) in [7, 11) is -4.72. The van der Waals surface area contributed by atoms with E-state index in [1.807, 2.05) is 0 Å². The fourth-order valence-corrected chi connectivity index (χ4v) is 11.1. The molecule has 5 atom stereocenters. The number of ether oxygens (including phenoxy) is 4. The van der Waals surface area contributed by atoms with Gasteiger partial charge in [0.1, 0.15) is 25.6 Å². The van der Waals surface area contributed by atoms with Crippen molar-refractivity contribution in [1.82, 2.24) is 31.1 Å². The third-order valence-corrected chi connectivity index (χ3v) is 17.0. The van der Waals surface area contributed by atoms with Crippen LogP contribution in [-0.4, -0.2) is 182 Å². The van der Waals surface area contributed by atoms with E-state index < -0.39 is 140 Å². The average Bonchev–Trinajstić information content (AvgIpc) is 1.86. The molecule has 0 aliphatic carbocycles. The van der Waals surface area contributed by atoms with Crippen molar-refractivity contribution in [1.29, 1.82) is 0 Å². The number of primary amides is 2. The highest BCUT2D eigenvalue weighted by Crippen LogP contribution is 2.25. The van der Waals surface area contributed by atoms with Crippen molar-refractivity contribution in [3.05, 3.63) is 84.0 Å². The van der Waals surface area contributed by atoms with Gasteiger partial charge in [-0.25, -0.2) is 9.59 Å². The second-order valence-electron chi connectivity index (χ2n) is 28.1. The number of nitrogens with zero attached hydrogens (tertiary/aromatic N) is 2. The Bertz CT molecular complexity index is 3510. The molecule has 0 saturated heterocycles. The van der Waals surface area contributed by atoms with Crippen LogP contribution in [0.3, 0.4) is 0 Å². The minimum atomic E-state index is -4.72. The highest BCUT2D eigenvalue weighted by Gasteiger charge is 2.35. The van der Waals surface area contributed by atoms with Gasteiger partial charge in [-0.3, -0.25) is 76.7 Å². The Hall–Kier alpha value is -9.60. The Labute approximate surface area is 612 Å². The van der Waals surface area contributed by atoms with E-state index in [4.69, 9.17) is 30.4 Å². The van der Waals surface area contributed by atoms with Crippen LogP contribution >= 0.6 is 0 Å². The monoisotopic (exact) mass is 1490 g/mol. The van der Waals surface area contributed by atoms with Crippen molar-refractivity contribution in [2.75, 3.05) is 69.0 Å². The number of benzene rings is 2. The summed E-state index contributed by atoms with van der Waals surface area (Å²) in [5.74, 6) is -11.2. The van der Waals surface area contributed by atoms with Crippen molar-refractivity contribution in [3.63, 3.8) is 0 Å². The molecular formula is C72H104N10O22S. The summed E-state index contributed by atoms with van der Waals surface area (Å²) in [5, 5.41) is 15.7. The maximum absolute atomic E-state index is 13.7. The molecule has 0 bridgehead atoms. The third-order valence-electron chi connectivity index (χ3n) is 16.2. The van der Waals surface area contributed by atoms with Gasteiger partial charge < -0.3 is 62.3 Å². The van der Waals surface area contributed by atoms with Crippen LogP contribution in [0.1, 0.15) is 151 Å². The van der Waals surface area contributed by atoms with E-state index in [-0.39, 0.29) is 128 Å². The van der Waals surface area contributed by atoms with Gasteiger partial charge in [0.2, 0.25) is 23.6 Å². The Morgan fingerprint density at radius 3 is 1.31 bits per heavy atom. The first-order valence-electron chi connectivity index (χ1n) is 34.7. The fraction of sp³-hybridized carbons (Fsp3) is 0.569. The van der Waals surface area contributed by atoms with Gasteiger partial charge in [-0.05, 0) is 127 Å². The third kappa shape index (κ3) is 35.2. The number of anilines is 2. The standard InChI is InChI=1S/C38H55N5O12S.C34H49N5O10/c1-24(2)33(42-35(49)27(23-56(52,53)54)20-29(44)11-7-6-8-19-43-31(46)16-17-32(43)47)30(45)21-26(10-9-18-40-37(39)51)34(48)41-28-14-12-25(13-15-28)22-55-36(50)38(3,4)5;1-22(2)30(38-27(41)21-48-18-17-47-16-15-39-28(42)12-13-29(39)43)26(40)19-24(7-6-14-36-33(35)46)31(44)37-25-10-8-23(9-11-25)20-49-32(45)34(3,4)5/h12-17,24,26-27,33H,6-11,18-23H2,1-5H3,(H,41,48)(H,42,49)(H3,39,40,51)(H,52,53,54);8-13,22,24,30H,6-7,14-21H2,1-5H3,(H,37,44)(H,38,41)(H3,35,36,46)/t26-,27+,33+;24-,30+/m01/s1. The van der Waals surface area contributed by atoms with E-state index in [2.05, 4.69) is 31.9 Å². The summed E-state index contributed by atoms with van der Waals surface area (Å²) in [5.41, 5.74) is 11.3. The largest absolute Gasteiger partial charge is 0.460 e. The van der Waals surface area contributed by atoms with E-state index in [0.29, 0.717) is 42.6 Å². The van der Waals surface area contributed by atoms with E-state index in [9.17, 15) is 84.9 Å². The zero-order valence-electron chi connectivity index (χ0n) is 61.5. The Balaban J connectivity index is 0.000000550. The van der Waals surface area contributed by atoms with E-state index in [0.717, 1.165) is 15.4 Å². The number of nitrogens with one attached hydrogen (secondary N) is 6. The van der Waals surface area contributed by atoms with Crippen molar-refractivity contribution in [2.45, 2.75) is 165 Å². The predicted molar refractivity (Wildman–Crippen MR) is 383 cm³/mol. The molecule has 11 N–H and O–H groups in total. The fourth-order valence-electron chi connectivity index (χ4n) is 10.3. The molecule has 105 heavy (non-hydrogen) atoms. The minimum absolute atomic E-state index is 0.0290. The van der Waals surface area contributed by atoms with Gasteiger partial charge in [-0.1, -0.05) is 58.4 Å². The molecule has 0 radical (unpaired) electrons. The topological polar surface area (TPSA) is 478 Å². The smallest absolute Gasteiger partial charge is 0.312 e. The SMILES string of the molecule is CC(C)[C@@H](NC(=O)[C@H](CC(=O)CCCCCN1C(=O)C=CC1=O)CS(=O)(=O)O)C(=O)C[C@H](CCCNC(N)=O)C(=O)Nc1ccc(COC(=O)C(C)(C)C)cc1.CC(C)[C@H](NC(=O)COCCOCCN1C(=O)C=CC1=O)C(=O)C[C@@H](CCCNC(N)=O)C(=O)Nc1ccc(COC(=O)C(C)(C)C)cc1. The summed E-state index contributed by atoms with van der Waals surface area (Å²) < 4.78 is 54.6. The lowest BCUT2D eigenvalue weighted by atomic mass is 9.89. The molecule has 33 heteroatoms. The number of nitrogens with two attached hydrogens (primary N) is 2. The maximum Gasteiger partial charge on any atom is 0.312 e. The van der Waals surface area contributed by atoms with Crippen LogP contribution in [0.25, 0.3) is 0 Å². The number of amides is 12. The van der Waals surface area contributed by atoms with Gasteiger partial charge in [0.15, 0.2) is 11.6 Å². The van der Waals surface area contributed by atoms with Crippen LogP contribution in [0.2, 0.25) is 0 Å². The Morgan fingerprint density at radius 2 is 0.914 bits per heavy atom. The zero-order valence-corrected chi connectivity index (χ0v) is 62.3. The lowest BCUT2D eigenvalue weighted by Gasteiger charge is -2.26. The molecule has 0 unspecified atom stereocenters. The first-order chi connectivity index (χ1) is 49.1. The number of unbranched alkanes of at least 4 members (excludes halogenated alkanes) is 2. The molecule has 32 nitrogen and oxygen atoms in total. The summed E-state index contributed by atoms with van der Waals surface area (Å²) in [6.07, 6.45) is 5.93. The van der Waals surface area contributed by atoms with Crippen molar-refractivity contribution >= 4 is 110 Å². The second-order valence-corrected chi connectivity index (χ2v) is 29.6. The van der Waals surface area contributed by atoms with Gasteiger partial charge in [0.25, 0.3) is 33.7 Å². The second kappa shape index (κ2) is 44.3. The van der Waals surface area contributed by atoms with Gasteiger partial charge in [0.05, 0.1) is 60.9 Å². The lowest BCUT2D eigenvalue weighted by Crippen LogP contribution is -2.49. The number of imide groups is 2. The number of carbonyl (C=O) groups excluding carboxylic acids is 15. The van der Waals surface area contributed by atoms with E-state index in [1.165, 1.54) is 24.3 Å². The molecule has 0 fully saturated rings. The van der Waals surface area contributed by atoms with Crippen LogP contribution in [0.15, 0.2) is 72.8 Å². The molecule has 0 saturated carbocycles. The number of ketones is 3. The van der Waals surface area contributed by atoms with Crippen LogP contribution < -0.4 is 43.4 Å². The molecule has 2 aliphatic heterocycles. The molecule has 580 valence electrons. The van der Waals surface area contributed by atoms with Gasteiger partial charge in [0, 0.05) is 92.8 Å². The van der Waals surface area contributed by atoms with Crippen molar-refractivity contribution in [2.24, 2.45) is 51.9 Å². The van der Waals surface area contributed by atoms with Gasteiger partial charge >= 0.3 is 24.0 Å². The lowest BCUT2D eigenvalue weighted by molar-refractivity contribution is -0.155. The quantitative estimate of drug-likeness (QED) is 0.0188. The van der Waals surface area contributed by atoms with Gasteiger partial charge in [-0.2, -0.15) is 8.42 Å². The molecule has 2 aliphatic rings. The summed E-state index contributed by atoms with van der Waals surface area (Å²) >= 11 is 0. The van der Waals surface area contributed by atoms with Crippen LogP contribution in [0.5, 0.6) is 0 Å². The molecule has 0 aromatic heterocycles. The first kappa shape index (κ1) is 89.6. The number of hydrogen-bond acceptors (Lipinski definition) is 21. The first-order valence-corrected chi connectivity index (χ1v) is 36.3. The number of esters is 2. The Morgan fingerprint density at radius 1 is 0.505 bits per heavy atom. The number of carbonyl (C=O) groups is 15. The van der Waals surface area contributed by atoms with Crippen molar-refractivity contribution in [3.8, 4) is 0 Å². The highest BCUT2D eigenvalue weighted by molar-refractivity contribution is 7.85. The number of hydrogen-bond donors (Lipinski definition) is 9. The molecule has 2 aromatic carbocycles.